The van der Waals surface area contributed by atoms with Crippen molar-refractivity contribution < 1.29 is 14.6 Å². The summed E-state index contributed by atoms with van der Waals surface area (Å²) in [4.78, 5) is 20.4. The molecule has 1 aromatic carbocycles. The lowest BCUT2D eigenvalue weighted by Crippen LogP contribution is -2.40. The molecule has 6 nitrogen and oxygen atoms in total. The normalized spacial score (nSPS) is 20.9. The molecule has 4 rings (SSSR count). The van der Waals surface area contributed by atoms with E-state index in [1.54, 1.807) is 7.11 Å². The van der Waals surface area contributed by atoms with Crippen molar-refractivity contribution in [2.75, 3.05) is 18.6 Å². The minimum absolute atomic E-state index is 0.0745. The first-order valence-corrected chi connectivity index (χ1v) is 12.5. The molecule has 6 heteroatoms. The molecule has 0 saturated heterocycles. The highest BCUT2D eigenvalue weighted by Crippen LogP contribution is 2.32. The van der Waals surface area contributed by atoms with Gasteiger partial charge in [0.15, 0.2) is 0 Å². The Labute approximate surface area is 203 Å². The Kier molecular flexibility index (Phi) is 7.88. The number of aliphatic hydroxyl groups is 1. The molecule has 2 aliphatic rings. The molecule has 2 N–H and O–H groups in total. The van der Waals surface area contributed by atoms with E-state index in [2.05, 4.69) is 46.4 Å². The highest BCUT2D eigenvalue weighted by molar-refractivity contribution is 5.97. The number of carbonyl (C=O) groups excluding carboxylic acids is 1. The molecule has 0 bridgehead atoms. The van der Waals surface area contributed by atoms with Gasteiger partial charge in [-0.1, -0.05) is 18.2 Å². The molecular formula is C28H37N3O3. The van der Waals surface area contributed by atoms with E-state index in [1.807, 2.05) is 19.1 Å². The second-order valence-electron chi connectivity index (χ2n) is 9.36. The number of pyridine rings is 1. The third-order valence-electron chi connectivity index (χ3n) is 7.15. The number of aliphatic hydroxyl groups excluding tert-OH is 1. The Morgan fingerprint density at radius 3 is 2.71 bits per heavy atom. The van der Waals surface area contributed by atoms with E-state index >= 15 is 0 Å². The van der Waals surface area contributed by atoms with Gasteiger partial charge in [-0.05, 0) is 88.1 Å². The summed E-state index contributed by atoms with van der Waals surface area (Å²) in [7, 11) is 1.63. The monoisotopic (exact) mass is 463 g/mol. The summed E-state index contributed by atoms with van der Waals surface area (Å²) in [6.45, 7) is 5.40. The first-order valence-electron chi connectivity index (χ1n) is 12.5. The number of fused-ring (bicyclic) bond motifs is 2. The standard InChI is InChI=1S/C28H37N3O3/c1-4-31(21-13-15-22(32)16-14-21)26-12-8-11-24-23(26)10-7-5-6-9-20-17-19(2)30-28(34-3)25(20)18-29-27(24)33/h5,7-8,11-12,17,21-22,32H,4,6,9-10,13-16,18H2,1-3H3,(H,29,33)/t21-,22+. The van der Waals surface area contributed by atoms with E-state index < -0.39 is 0 Å². The van der Waals surface area contributed by atoms with E-state index in [0.29, 0.717) is 18.5 Å². The quantitative estimate of drug-likeness (QED) is 0.653. The number of hydrogen-bond donors (Lipinski definition) is 2. The number of hydrogen-bond acceptors (Lipinski definition) is 5. The minimum Gasteiger partial charge on any atom is -0.481 e. The van der Waals surface area contributed by atoms with Crippen LogP contribution in [0, 0.1) is 6.92 Å². The molecule has 0 unspecified atom stereocenters. The SMILES string of the molecule is CCN(c1cccc2c1CC=CCCc1cc(C)nc(OC)c1CNC2=O)[C@H]1CC[C@@H](O)CC1. The van der Waals surface area contributed by atoms with Gasteiger partial charge in [0, 0.05) is 41.6 Å². The zero-order valence-corrected chi connectivity index (χ0v) is 20.6. The van der Waals surface area contributed by atoms with Gasteiger partial charge in [-0.25, -0.2) is 4.98 Å². The van der Waals surface area contributed by atoms with Gasteiger partial charge in [-0.3, -0.25) is 4.79 Å². The van der Waals surface area contributed by atoms with Crippen molar-refractivity contribution in [2.45, 2.75) is 77.5 Å². The van der Waals surface area contributed by atoms with Crippen LogP contribution in [-0.2, 0) is 19.4 Å². The van der Waals surface area contributed by atoms with Crippen LogP contribution in [0.1, 0.15) is 71.8 Å². The fraction of sp³-hybridized carbons (Fsp3) is 0.500. The second-order valence-corrected chi connectivity index (χ2v) is 9.36. The van der Waals surface area contributed by atoms with E-state index in [1.165, 1.54) is 5.56 Å². The van der Waals surface area contributed by atoms with Crippen LogP contribution in [0.4, 0.5) is 5.69 Å². The maximum absolute atomic E-state index is 13.4. The summed E-state index contributed by atoms with van der Waals surface area (Å²) >= 11 is 0. The molecule has 182 valence electrons. The lowest BCUT2D eigenvalue weighted by molar-refractivity contribution is 0.0949. The Hall–Kier alpha value is -2.86. The third kappa shape index (κ3) is 5.27. The molecule has 1 aliphatic carbocycles. The van der Waals surface area contributed by atoms with E-state index in [-0.39, 0.29) is 12.0 Å². The molecule has 0 radical (unpaired) electrons. The molecule has 1 aromatic heterocycles. The number of anilines is 1. The third-order valence-corrected chi connectivity index (χ3v) is 7.15. The smallest absolute Gasteiger partial charge is 0.251 e. The second kappa shape index (κ2) is 11.0. The topological polar surface area (TPSA) is 74.7 Å². The Bertz CT molecular complexity index is 1040. The number of nitrogens with zero attached hydrogens (tertiary/aromatic N) is 2. The molecule has 1 saturated carbocycles. The first-order chi connectivity index (χ1) is 16.5. The number of rotatable bonds is 4. The van der Waals surface area contributed by atoms with Crippen LogP contribution in [0.25, 0.3) is 0 Å². The number of allylic oxidation sites excluding steroid dienone is 2. The molecule has 1 fully saturated rings. The highest BCUT2D eigenvalue weighted by Gasteiger charge is 2.27. The van der Waals surface area contributed by atoms with Gasteiger partial charge in [0.2, 0.25) is 5.88 Å². The predicted octanol–water partition coefficient (Wildman–Crippen LogP) is 4.50. The van der Waals surface area contributed by atoms with Crippen LogP contribution in [0.2, 0.25) is 0 Å². The van der Waals surface area contributed by atoms with Gasteiger partial charge in [0.05, 0.1) is 13.2 Å². The van der Waals surface area contributed by atoms with Gasteiger partial charge < -0.3 is 20.1 Å². The van der Waals surface area contributed by atoms with E-state index in [0.717, 1.165) is 79.6 Å². The van der Waals surface area contributed by atoms with E-state index in [9.17, 15) is 9.90 Å². The fourth-order valence-electron chi connectivity index (χ4n) is 5.41. The fourth-order valence-corrected chi connectivity index (χ4v) is 5.41. The number of benzene rings is 1. The van der Waals surface area contributed by atoms with Gasteiger partial charge in [-0.15, -0.1) is 0 Å². The lowest BCUT2D eigenvalue weighted by Gasteiger charge is -2.38. The Morgan fingerprint density at radius 2 is 1.97 bits per heavy atom. The zero-order chi connectivity index (χ0) is 24.1. The van der Waals surface area contributed by atoms with Crippen LogP contribution >= 0.6 is 0 Å². The van der Waals surface area contributed by atoms with Crippen LogP contribution in [0.5, 0.6) is 5.88 Å². The summed E-state index contributed by atoms with van der Waals surface area (Å²) in [5.41, 5.74) is 5.96. The lowest BCUT2D eigenvalue weighted by atomic mass is 9.90. The summed E-state index contributed by atoms with van der Waals surface area (Å²) in [6.07, 6.45) is 10.4. The average Bonchev–Trinajstić information content (AvgIpc) is 2.84. The summed E-state index contributed by atoms with van der Waals surface area (Å²) in [6, 6.07) is 8.54. The van der Waals surface area contributed by atoms with Crippen LogP contribution in [0.3, 0.4) is 0 Å². The Morgan fingerprint density at radius 1 is 1.18 bits per heavy atom. The zero-order valence-electron chi connectivity index (χ0n) is 20.6. The number of nitrogens with one attached hydrogen (secondary N) is 1. The average molecular weight is 464 g/mol. The predicted molar refractivity (Wildman–Crippen MR) is 136 cm³/mol. The van der Waals surface area contributed by atoms with Crippen molar-refractivity contribution in [3.63, 3.8) is 0 Å². The molecule has 0 atom stereocenters. The highest BCUT2D eigenvalue weighted by atomic mass is 16.5. The molecule has 0 spiro atoms. The maximum atomic E-state index is 13.4. The minimum atomic E-state index is -0.182. The van der Waals surface area contributed by atoms with Crippen LogP contribution in [0.15, 0.2) is 36.4 Å². The summed E-state index contributed by atoms with van der Waals surface area (Å²) < 4.78 is 5.56. The maximum Gasteiger partial charge on any atom is 0.251 e. The van der Waals surface area contributed by atoms with Gasteiger partial charge in [-0.2, -0.15) is 0 Å². The van der Waals surface area contributed by atoms with Crippen molar-refractivity contribution in [3.05, 3.63) is 64.4 Å². The molecule has 34 heavy (non-hydrogen) atoms. The van der Waals surface area contributed by atoms with Crippen molar-refractivity contribution in [1.29, 1.82) is 0 Å². The molecule has 1 aliphatic heterocycles. The molecule has 2 heterocycles. The number of methoxy groups -OCH3 is 1. The van der Waals surface area contributed by atoms with E-state index in [4.69, 9.17) is 4.74 Å². The van der Waals surface area contributed by atoms with Crippen LogP contribution < -0.4 is 15.0 Å². The number of aryl methyl sites for hydroxylation is 2. The number of carbonyl (C=O) groups is 1. The number of aromatic nitrogens is 1. The first kappa shape index (κ1) is 24.3. The largest absolute Gasteiger partial charge is 0.481 e. The van der Waals surface area contributed by atoms with Crippen molar-refractivity contribution >= 4 is 11.6 Å². The summed E-state index contributed by atoms with van der Waals surface area (Å²) in [5.74, 6) is 0.511. The van der Waals surface area contributed by atoms with Crippen molar-refractivity contribution in [1.82, 2.24) is 10.3 Å². The molecule has 2 aromatic rings. The van der Waals surface area contributed by atoms with Gasteiger partial charge in [0.25, 0.3) is 5.91 Å². The van der Waals surface area contributed by atoms with Crippen LogP contribution in [-0.4, -0.2) is 41.8 Å². The van der Waals surface area contributed by atoms with Gasteiger partial charge >= 0.3 is 0 Å². The number of amides is 1. The molecule has 1 amide bonds. The number of ether oxygens (including phenoxy) is 1. The van der Waals surface area contributed by atoms with Crippen molar-refractivity contribution in [3.8, 4) is 5.88 Å². The van der Waals surface area contributed by atoms with Crippen molar-refractivity contribution in [2.24, 2.45) is 0 Å². The Balaban J connectivity index is 1.68. The van der Waals surface area contributed by atoms with Gasteiger partial charge in [0.1, 0.15) is 0 Å². The molecular weight excluding hydrogens is 426 g/mol. The summed E-state index contributed by atoms with van der Waals surface area (Å²) in [5, 5.41) is 13.1.